The van der Waals surface area contributed by atoms with Gasteiger partial charge in [0.2, 0.25) is 5.91 Å². The highest BCUT2D eigenvalue weighted by molar-refractivity contribution is 7.98. The number of thioether (sulfide) groups is 1. The first-order valence-electron chi connectivity index (χ1n) is 13.5. The van der Waals surface area contributed by atoms with Crippen molar-refractivity contribution in [1.82, 2.24) is 0 Å². The molecular weight excluding hydrogens is 548 g/mol. The molecule has 0 aromatic heterocycles. The largest absolute Gasteiger partial charge is 0.478 e. The summed E-state index contributed by atoms with van der Waals surface area (Å²) in [6.07, 6.45) is 7.10. The number of sulfone groups is 1. The van der Waals surface area contributed by atoms with Crippen LogP contribution in [0.15, 0.2) is 58.5 Å². The van der Waals surface area contributed by atoms with E-state index >= 15 is 0 Å². The number of hydrogen-bond acceptors (Lipinski definition) is 7. The standard InChI is InChI=1S/C30H40N2O6S2/c1-7-9-15-30(8-2)19-32(22-12-10-21(11-13-22)31-28(35)29(3,4)5)23-17-25(39-6)24(38-16-14-27(33)34)18-26(23)40(36,37)20-30/h10-14,16-18H,7-9,15,19-20H2,1-6H3,(H,31,35)(H,33,34). The van der Waals surface area contributed by atoms with Crippen LogP contribution in [0.5, 0.6) is 5.75 Å². The maximum Gasteiger partial charge on any atom is 0.331 e. The van der Waals surface area contributed by atoms with Crippen LogP contribution in [0.4, 0.5) is 17.1 Å². The Hall–Kier alpha value is -2.98. The number of carboxylic acids is 1. The molecule has 0 spiro atoms. The summed E-state index contributed by atoms with van der Waals surface area (Å²) in [6.45, 7) is 10.2. The van der Waals surface area contributed by atoms with Crippen molar-refractivity contribution in [3.8, 4) is 5.75 Å². The Morgan fingerprint density at radius 3 is 2.40 bits per heavy atom. The number of rotatable bonds is 10. The van der Waals surface area contributed by atoms with Crippen molar-refractivity contribution in [2.45, 2.75) is 70.1 Å². The van der Waals surface area contributed by atoms with E-state index in [-0.39, 0.29) is 22.3 Å². The number of amides is 1. The van der Waals surface area contributed by atoms with Gasteiger partial charge in [-0.3, -0.25) is 4.79 Å². The van der Waals surface area contributed by atoms with Gasteiger partial charge in [0, 0.05) is 34.8 Å². The average molecular weight is 589 g/mol. The van der Waals surface area contributed by atoms with Gasteiger partial charge in [-0.1, -0.05) is 47.5 Å². The minimum atomic E-state index is -3.73. The summed E-state index contributed by atoms with van der Waals surface area (Å²) in [5.74, 6) is -0.969. The Kier molecular flexibility index (Phi) is 10.0. The minimum Gasteiger partial charge on any atom is -0.478 e. The first-order chi connectivity index (χ1) is 18.7. The monoisotopic (exact) mass is 588 g/mol. The van der Waals surface area contributed by atoms with E-state index in [1.807, 2.05) is 64.3 Å². The number of ether oxygens (including phenoxy) is 1. The van der Waals surface area contributed by atoms with Crippen LogP contribution in [0.2, 0.25) is 0 Å². The van der Waals surface area contributed by atoms with Crippen molar-refractivity contribution in [3.63, 3.8) is 0 Å². The minimum absolute atomic E-state index is 0.00272. The topological polar surface area (TPSA) is 113 Å². The van der Waals surface area contributed by atoms with Gasteiger partial charge in [-0.15, -0.1) is 11.8 Å². The normalized spacial score (nSPS) is 18.7. The van der Waals surface area contributed by atoms with Gasteiger partial charge in [0.1, 0.15) is 5.75 Å². The summed E-state index contributed by atoms with van der Waals surface area (Å²) in [5, 5.41) is 11.9. The van der Waals surface area contributed by atoms with E-state index in [0.29, 0.717) is 29.2 Å². The molecule has 2 aromatic carbocycles. The second-order valence-electron chi connectivity index (χ2n) is 11.3. The number of nitrogens with one attached hydrogen (secondary N) is 1. The van der Waals surface area contributed by atoms with Crippen LogP contribution in [-0.4, -0.2) is 44.0 Å². The molecule has 0 bridgehead atoms. The average Bonchev–Trinajstić information content (AvgIpc) is 2.98. The Morgan fingerprint density at radius 1 is 1.18 bits per heavy atom. The van der Waals surface area contributed by atoms with Gasteiger partial charge >= 0.3 is 5.97 Å². The van der Waals surface area contributed by atoms with Gasteiger partial charge in [0.05, 0.1) is 33.6 Å². The number of unbranched alkanes of at least 4 members (excludes halogenated alkanes) is 1. The Labute approximate surface area is 242 Å². The molecule has 8 nitrogen and oxygen atoms in total. The van der Waals surface area contributed by atoms with Crippen molar-refractivity contribution in [2.75, 3.05) is 28.8 Å². The number of nitrogens with zero attached hydrogens (tertiary/aromatic N) is 1. The number of carboxylic acid groups (broad SMARTS) is 1. The third kappa shape index (κ3) is 7.40. The summed E-state index contributed by atoms with van der Waals surface area (Å²) in [7, 11) is -3.73. The quantitative estimate of drug-likeness (QED) is 0.175. The van der Waals surface area contributed by atoms with E-state index in [2.05, 4.69) is 17.1 Å². The lowest BCUT2D eigenvalue weighted by molar-refractivity contribution is -0.131. The second kappa shape index (κ2) is 12.7. The Balaban J connectivity index is 2.17. The van der Waals surface area contributed by atoms with Crippen LogP contribution in [0.1, 0.15) is 60.3 Å². The van der Waals surface area contributed by atoms with Crippen LogP contribution in [-0.2, 0) is 19.4 Å². The van der Waals surface area contributed by atoms with E-state index in [4.69, 9.17) is 9.84 Å². The van der Waals surface area contributed by atoms with Gasteiger partial charge in [-0.25, -0.2) is 13.2 Å². The molecule has 1 amide bonds. The summed E-state index contributed by atoms with van der Waals surface area (Å²) in [6, 6.07) is 10.8. The van der Waals surface area contributed by atoms with Crippen molar-refractivity contribution in [1.29, 1.82) is 0 Å². The van der Waals surface area contributed by atoms with Gasteiger partial charge in [0.15, 0.2) is 9.84 Å². The van der Waals surface area contributed by atoms with Gasteiger partial charge in [0.25, 0.3) is 0 Å². The van der Waals surface area contributed by atoms with E-state index in [9.17, 15) is 18.0 Å². The zero-order valence-corrected chi connectivity index (χ0v) is 25.7. The lowest BCUT2D eigenvalue weighted by Crippen LogP contribution is -2.38. The summed E-state index contributed by atoms with van der Waals surface area (Å²) < 4.78 is 33.5. The van der Waals surface area contributed by atoms with Crippen LogP contribution < -0.4 is 15.0 Å². The molecule has 1 unspecified atom stereocenters. The molecule has 1 aliphatic heterocycles. The van der Waals surface area contributed by atoms with Gasteiger partial charge < -0.3 is 20.1 Å². The van der Waals surface area contributed by atoms with Crippen molar-refractivity contribution < 1.29 is 27.9 Å². The molecule has 1 aliphatic rings. The van der Waals surface area contributed by atoms with Crippen LogP contribution in [0, 0.1) is 10.8 Å². The molecule has 3 rings (SSSR count). The number of hydrogen-bond donors (Lipinski definition) is 2. The molecule has 1 heterocycles. The second-order valence-corrected chi connectivity index (χ2v) is 14.1. The van der Waals surface area contributed by atoms with E-state index in [1.165, 1.54) is 17.8 Å². The summed E-state index contributed by atoms with van der Waals surface area (Å²) in [4.78, 5) is 26.3. The fraction of sp³-hybridized carbons (Fsp3) is 0.467. The summed E-state index contributed by atoms with van der Waals surface area (Å²) in [5.41, 5.74) is 1.02. The fourth-order valence-electron chi connectivity index (χ4n) is 4.72. The fourth-order valence-corrected chi connectivity index (χ4v) is 7.44. The predicted molar refractivity (Wildman–Crippen MR) is 161 cm³/mol. The number of carbonyl (C=O) groups is 2. The van der Waals surface area contributed by atoms with Crippen LogP contribution in [0.25, 0.3) is 0 Å². The third-order valence-electron chi connectivity index (χ3n) is 7.20. The molecule has 218 valence electrons. The molecule has 0 saturated heterocycles. The molecule has 0 radical (unpaired) electrons. The third-order valence-corrected chi connectivity index (χ3v) is 9.94. The number of anilines is 3. The predicted octanol–water partition coefficient (Wildman–Crippen LogP) is 6.88. The molecular formula is C30H40N2O6S2. The smallest absolute Gasteiger partial charge is 0.331 e. The maximum absolute atomic E-state index is 14.0. The summed E-state index contributed by atoms with van der Waals surface area (Å²) >= 11 is 1.39. The first kappa shape index (κ1) is 31.5. The molecule has 2 N–H and O–H groups in total. The SMILES string of the molecule is CCCCC1(CC)CN(c2ccc(NC(=O)C(C)(C)C)cc2)c2cc(SC)c(OC=CC(=O)O)cc2S(=O)(=O)C1. The number of carbonyl (C=O) groups excluding carboxylic acids is 1. The highest BCUT2D eigenvalue weighted by Crippen LogP contribution is 2.47. The van der Waals surface area contributed by atoms with Crippen molar-refractivity contribution >= 4 is 50.5 Å². The van der Waals surface area contributed by atoms with Gasteiger partial charge in [-0.2, -0.15) is 0 Å². The highest BCUT2D eigenvalue weighted by Gasteiger charge is 2.42. The van der Waals surface area contributed by atoms with E-state index in [1.54, 1.807) is 0 Å². The first-order valence-corrected chi connectivity index (χ1v) is 16.3. The molecule has 40 heavy (non-hydrogen) atoms. The molecule has 0 fully saturated rings. The lowest BCUT2D eigenvalue weighted by atomic mass is 9.81. The van der Waals surface area contributed by atoms with Crippen molar-refractivity contribution in [2.24, 2.45) is 10.8 Å². The van der Waals surface area contributed by atoms with Crippen molar-refractivity contribution in [3.05, 3.63) is 48.7 Å². The molecule has 2 aromatic rings. The number of aliphatic carboxylic acids is 1. The van der Waals surface area contributed by atoms with Gasteiger partial charge in [-0.05, 0) is 49.4 Å². The van der Waals surface area contributed by atoms with E-state index in [0.717, 1.165) is 37.3 Å². The van der Waals surface area contributed by atoms with Crippen LogP contribution >= 0.6 is 11.8 Å². The zero-order chi connectivity index (χ0) is 29.7. The van der Waals surface area contributed by atoms with E-state index < -0.39 is 26.6 Å². The lowest BCUT2D eigenvalue weighted by Gasteiger charge is -2.36. The molecule has 0 aliphatic carbocycles. The van der Waals surface area contributed by atoms with Crippen LogP contribution in [0.3, 0.4) is 0 Å². The maximum atomic E-state index is 14.0. The Morgan fingerprint density at radius 2 is 1.85 bits per heavy atom. The highest BCUT2D eigenvalue weighted by atomic mass is 32.2. The molecule has 10 heteroatoms. The number of benzene rings is 2. The molecule has 1 atom stereocenters. The molecule has 0 saturated carbocycles. The Bertz CT molecular complexity index is 1360. The zero-order valence-electron chi connectivity index (χ0n) is 24.1. The number of fused-ring (bicyclic) bond motifs is 1.